The Morgan fingerprint density at radius 2 is 2.25 bits per heavy atom. The van der Waals surface area contributed by atoms with E-state index in [2.05, 4.69) is 42.9 Å². The Hall–Kier alpha value is -2.30. The predicted octanol–water partition coefficient (Wildman–Crippen LogP) is 4.13. The van der Waals surface area contributed by atoms with E-state index in [0.717, 1.165) is 35.0 Å². The highest BCUT2D eigenvalue weighted by Crippen LogP contribution is 2.64. The zero-order chi connectivity index (χ0) is 17.1. The predicted molar refractivity (Wildman–Crippen MR) is 93.7 cm³/mol. The number of rotatable bonds is 1. The van der Waals surface area contributed by atoms with E-state index in [1.54, 1.807) is 11.1 Å². The molecule has 1 amide bonds. The molecule has 2 aliphatic rings. The van der Waals surface area contributed by atoms with Crippen LogP contribution >= 0.6 is 0 Å². The molecule has 1 aliphatic heterocycles. The zero-order valence-corrected chi connectivity index (χ0v) is 14.3. The topological polar surface area (TPSA) is 69.2 Å². The molecule has 0 bridgehead atoms. The van der Waals surface area contributed by atoms with E-state index in [9.17, 15) is 9.90 Å². The third-order valence-electron chi connectivity index (χ3n) is 5.60. The normalized spacial score (nSPS) is 26.7. The van der Waals surface area contributed by atoms with Crippen LogP contribution in [0.25, 0.3) is 16.6 Å². The summed E-state index contributed by atoms with van der Waals surface area (Å²) in [5.74, 6) is 0.328. The lowest BCUT2D eigenvalue weighted by atomic mass is 9.81. The van der Waals surface area contributed by atoms with Gasteiger partial charge in [-0.1, -0.05) is 26.8 Å². The van der Waals surface area contributed by atoms with Crippen LogP contribution in [0.1, 0.15) is 39.2 Å². The molecule has 1 fully saturated rings. The van der Waals surface area contributed by atoms with Gasteiger partial charge in [-0.25, -0.2) is 9.78 Å². The Bertz CT molecular complexity index is 846. The highest BCUT2D eigenvalue weighted by molar-refractivity contribution is 5.95. The summed E-state index contributed by atoms with van der Waals surface area (Å²) in [6.07, 6.45) is 6.82. The number of nitrogens with zero attached hydrogens (tertiary/aromatic N) is 2. The SMILES string of the molecule is CC(C)(C)C1CC12C(c1c[nH]c3ncccc13)=CCCN2C(=O)O. The second-order valence-corrected chi connectivity index (χ2v) is 7.99. The van der Waals surface area contributed by atoms with Crippen LogP contribution in [0.5, 0.6) is 0 Å². The van der Waals surface area contributed by atoms with E-state index in [1.807, 2.05) is 12.3 Å². The van der Waals surface area contributed by atoms with Gasteiger partial charge in [0.25, 0.3) is 0 Å². The smallest absolute Gasteiger partial charge is 0.408 e. The van der Waals surface area contributed by atoms with Crippen LogP contribution in [-0.2, 0) is 0 Å². The number of aromatic amines is 1. The number of amides is 1. The molecule has 4 rings (SSSR count). The summed E-state index contributed by atoms with van der Waals surface area (Å²) < 4.78 is 0. The maximum Gasteiger partial charge on any atom is 0.408 e. The number of H-pyrrole nitrogens is 1. The first-order chi connectivity index (χ1) is 11.4. The Morgan fingerprint density at radius 3 is 2.92 bits per heavy atom. The number of hydrogen-bond acceptors (Lipinski definition) is 2. The van der Waals surface area contributed by atoms with Gasteiger partial charge in [0.05, 0.1) is 5.54 Å². The molecular weight excluding hydrogens is 302 g/mol. The van der Waals surface area contributed by atoms with Gasteiger partial charge in [-0.05, 0) is 41.9 Å². The monoisotopic (exact) mass is 325 g/mol. The molecule has 1 aliphatic carbocycles. The highest BCUT2D eigenvalue weighted by atomic mass is 16.4. The number of pyridine rings is 1. The molecule has 1 spiro atoms. The van der Waals surface area contributed by atoms with Crippen molar-refractivity contribution < 1.29 is 9.90 Å². The minimum absolute atomic E-state index is 0.0640. The number of aromatic nitrogens is 2. The zero-order valence-electron chi connectivity index (χ0n) is 14.3. The second-order valence-electron chi connectivity index (χ2n) is 7.99. The lowest BCUT2D eigenvalue weighted by molar-refractivity contribution is 0.117. The summed E-state index contributed by atoms with van der Waals surface area (Å²) >= 11 is 0. The lowest BCUT2D eigenvalue weighted by Crippen LogP contribution is -2.47. The van der Waals surface area contributed by atoms with Crippen molar-refractivity contribution in [3.8, 4) is 0 Å². The van der Waals surface area contributed by atoms with Crippen LogP contribution in [0.3, 0.4) is 0 Å². The molecule has 5 heteroatoms. The van der Waals surface area contributed by atoms with Crippen LogP contribution in [0.4, 0.5) is 4.79 Å². The van der Waals surface area contributed by atoms with E-state index in [0.29, 0.717) is 12.5 Å². The van der Waals surface area contributed by atoms with Gasteiger partial charge in [0.15, 0.2) is 0 Å². The number of nitrogens with one attached hydrogen (secondary N) is 1. The van der Waals surface area contributed by atoms with E-state index < -0.39 is 11.6 Å². The van der Waals surface area contributed by atoms with Crippen molar-refractivity contribution in [2.45, 2.75) is 39.2 Å². The van der Waals surface area contributed by atoms with E-state index in [1.165, 1.54) is 0 Å². The van der Waals surface area contributed by atoms with Crippen molar-refractivity contribution in [1.29, 1.82) is 0 Å². The molecule has 2 unspecified atom stereocenters. The van der Waals surface area contributed by atoms with Crippen molar-refractivity contribution in [3.63, 3.8) is 0 Å². The number of fused-ring (bicyclic) bond motifs is 1. The molecular formula is C19H23N3O2. The van der Waals surface area contributed by atoms with Crippen molar-refractivity contribution in [1.82, 2.24) is 14.9 Å². The largest absolute Gasteiger partial charge is 0.465 e. The maximum absolute atomic E-state index is 11.9. The maximum atomic E-state index is 11.9. The van der Waals surface area contributed by atoms with Crippen LogP contribution in [-0.4, -0.2) is 38.2 Å². The number of hydrogen-bond donors (Lipinski definition) is 2. The van der Waals surface area contributed by atoms with Gasteiger partial charge in [-0.3, -0.25) is 4.90 Å². The summed E-state index contributed by atoms with van der Waals surface area (Å²) in [5.41, 5.74) is 2.76. The van der Waals surface area contributed by atoms with Gasteiger partial charge in [0.1, 0.15) is 5.65 Å². The molecule has 5 nitrogen and oxygen atoms in total. The number of carbonyl (C=O) groups is 1. The molecule has 126 valence electrons. The summed E-state index contributed by atoms with van der Waals surface area (Å²) in [5, 5.41) is 10.9. The van der Waals surface area contributed by atoms with Crippen LogP contribution in [0, 0.1) is 11.3 Å². The quantitative estimate of drug-likeness (QED) is 0.828. The standard InChI is InChI=1S/C19H23N3O2/c1-18(2,3)15-10-19(15)14(7-5-9-22(19)17(23)24)13-11-21-16-12(13)6-4-8-20-16/h4,6-8,11,15H,5,9-10H2,1-3H3,(H,20,21)(H,23,24). The van der Waals surface area contributed by atoms with E-state index in [4.69, 9.17) is 0 Å². The average Bonchev–Trinajstić information content (AvgIpc) is 3.11. The Labute approximate surface area is 141 Å². The molecule has 2 aromatic heterocycles. The van der Waals surface area contributed by atoms with Crippen molar-refractivity contribution in [2.24, 2.45) is 11.3 Å². The molecule has 2 atom stereocenters. The molecule has 2 aromatic rings. The lowest BCUT2D eigenvalue weighted by Gasteiger charge is -2.38. The summed E-state index contributed by atoms with van der Waals surface area (Å²) in [6, 6.07) is 3.98. The van der Waals surface area contributed by atoms with Crippen LogP contribution < -0.4 is 0 Å². The van der Waals surface area contributed by atoms with Crippen LogP contribution in [0.15, 0.2) is 30.6 Å². The third-order valence-corrected chi connectivity index (χ3v) is 5.60. The van der Waals surface area contributed by atoms with E-state index >= 15 is 0 Å². The molecule has 0 saturated heterocycles. The minimum atomic E-state index is -0.815. The highest BCUT2D eigenvalue weighted by Gasteiger charge is 2.66. The van der Waals surface area contributed by atoms with Gasteiger partial charge in [-0.2, -0.15) is 0 Å². The van der Waals surface area contributed by atoms with Gasteiger partial charge in [-0.15, -0.1) is 0 Å². The average molecular weight is 325 g/mol. The fourth-order valence-electron chi connectivity index (χ4n) is 4.52. The molecule has 1 saturated carbocycles. The number of carboxylic acid groups (broad SMARTS) is 1. The fourth-order valence-corrected chi connectivity index (χ4v) is 4.52. The molecule has 24 heavy (non-hydrogen) atoms. The second kappa shape index (κ2) is 4.85. The van der Waals surface area contributed by atoms with Gasteiger partial charge in [0.2, 0.25) is 0 Å². The first kappa shape index (κ1) is 15.2. The molecule has 0 aromatic carbocycles. The first-order valence-corrected chi connectivity index (χ1v) is 8.49. The fraction of sp³-hybridized carbons (Fsp3) is 0.474. The van der Waals surface area contributed by atoms with Gasteiger partial charge < -0.3 is 10.1 Å². The third kappa shape index (κ3) is 2.00. The summed E-state index contributed by atoms with van der Waals surface area (Å²) in [4.78, 5) is 21.2. The van der Waals surface area contributed by atoms with Crippen molar-refractivity contribution in [3.05, 3.63) is 36.2 Å². The Balaban J connectivity index is 1.87. The van der Waals surface area contributed by atoms with Crippen molar-refractivity contribution in [2.75, 3.05) is 6.54 Å². The van der Waals surface area contributed by atoms with Crippen molar-refractivity contribution >= 4 is 22.7 Å². The minimum Gasteiger partial charge on any atom is -0.465 e. The van der Waals surface area contributed by atoms with E-state index in [-0.39, 0.29) is 5.41 Å². The first-order valence-electron chi connectivity index (χ1n) is 8.49. The molecule has 3 heterocycles. The van der Waals surface area contributed by atoms with Gasteiger partial charge in [0, 0.05) is 29.9 Å². The molecule has 0 radical (unpaired) electrons. The summed E-state index contributed by atoms with van der Waals surface area (Å²) in [7, 11) is 0. The molecule has 2 N–H and O–H groups in total. The summed E-state index contributed by atoms with van der Waals surface area (Å²) in [6.45, 7) is 7.19. The van der Waals surface area contributed by atoms with Gasteiger partial charge >= 0.3 is 6.09 Å². The van der Waals surface area contributed by atoms with Crippen LogP contribution in [0.2, 0.25) is 0 Å². The Kier molecular flexibility index (Phi) is 3.08. The Morgan fingerprint density at radius 1 is 1.46 bits per heavy atom.